The first-order valence-corrected chi connectivity index (χ1v) is 6.84. The molecule has 0 aliphatic rings. The molecule has 1 amide bonds. The Kier molecular flexibility index (Phi) is 5.99. The lowest BCUT2D eigenvalue weighted by Crippen LogP contribution is -2.41. The number of nitrogens with zero attached hydrogens (tertiary/aromatic N) is 2. The zero-order valence-corrected chi connectivity index (χ0v) is 10.9. The molecule has 7 heteroatoms. The normalized spacial score (nSPS) is 12.4. The fraction of sp³-hybridized carbons (Fsp3) is 0.700. The smallest absolute Gasteiger partial charge is 0.236 e. The minimum atomic E-state index is -0.438. The number of rotatable bonds is 7. The molecule has 96 valence electrons. The van der Waals surface area contributed by atoms with Crippen LogP contribution in [0.4, 0.5) is 0 Å². The fourth-order valence-electron chi connectivity index (χ4n) is 1.24. The molecule has 0 aromatic carbocycles. The number of hydrogen-bond acceptors (Lipinski definition) is 6. The molecule has 0 unspecified atom stereocenters. The molecule has 3 N–H and O–H groups in total. The predicted octanol–water partition coefficient (Wildman–Crippen LogP) is 0.117. The molecule has 1 aromatic rings. The molecule has 0 spiro atoms. The molecular weight excluding hydrogens is 240 g/mol. The van der Waals surface area contributed by atoms with Crippen LogP contribution in [-0.4, -0.2) is 40.6 Å². The van der Waals surface area contributed by atoms with Gasteiger partial charge in [-0.15, -0.1) is 0 Å². The van der Waals surface area contributed by atoms with Gasteiger partial charge in [0.1, 0.15) is 0 Å². The summed E-state index contributed by atoms with van der Waals surface area (Å²) in [6, 6.07) is -0.438. The van der Waals surface area contributed by atoms with Crippen molar-refractivity contribution in [3.8, 4) is 0 Å². The molecule has 0 saturated heterocycles. The summed E-state index contributed by atoms with van der Waals surface area (Å²) >= 11 is 1.68. The lowest BCUT2D eigenvalue weighted by atomic mass is 10.2. The van der Waals surface area contributed by atoms with Gasteiger partial charge < -0.3 is 15.6 Å². The number of aryl methyl sites for hydroxylation is 1. The molecule has 6 nitrogen and oxygen atoms in total. The van der Waals surface area contributed by atoms with E-state index >= 15 is 0 Å². The van der Waals surface area contributed by atoms with Crippen molar-refractivity contribution < 1.29 is 9.32 Å². The SMILES string of the molecule is CSCC[C@H](N)C(=O)NCCc1nc(C)no1. The standard InChI is InChI=1S/C10H18N4O2S/c1-7-13-9(16-14-7)3-5-12-10(15)8(11)4-6-17-2/h8H,3-6,11H2,1-2H3,(H,12,15)/t8-/m0/s1. The lowest BCUT2D eigenvalue weighted by Gasteiger charge is -2.10. The largest absolute Gasteiger partial charge is 0.354 e. The third-order valence-corrected chi connectivity index (χ3v) is 2.82. The summed E-state index contributed by atoms with van der Waals surface area (Å²) < 4.78 is 4.92. The third kappa shape index (κ3) is 5.18. The Bertz CT molecular complexity index is 356. The van der Waals surface area contributed by atoms with Crippen LogP contribution in [0.5, 0.6) is 0 Å². The van der Waals surface area contributed by atoms with Gasteiger partial charge in [0.05, 0.1) is 6.04 Å². The Morgan fingerprint density at radius 2 is 2.41 bits per heavy atom. The highest BCUT2D eigenvalue weighted by Crippen LogP contribution is 1.99. The number of nitrogens with two attached hydrogens (primary N) is 1. The maximum Gasteiger partial charge on any atom is 0.236 e. The van der Waals surface area contributed by atoms with Crippen LogP contribution in [0.1, 0.15) is 18.1 Å². The van der Waals surface area contributed by atoms with Crippen molar-refractivity contribution in [3.63, 3.8) is 0 Å². The lowest BCUT2D eigenvalue weighted by molar-refractivity contribution is -0.122. The molecule has 1 atom stereocenters. The molecule has 0 fully saturated rings. The Morgan fingerprint density at radius 3 is 3.00 bits per heavy atom. The van der Waals surface area contributed by atoms with E-state index in [9.17, 15) is 4.79 Å². The molecule has 0 bridgehead atoms. The predicted molar refractivity (Wildman–Crippen MR) is 66.7 cm³/mol. The fourth-order valence-corrected chi connectivity index (χ4v) is 1.73. The number of carbonyl (C=O) groups is 1. The first-order chi connectivity index (χ1) is 8.13. The maximum absolute atomic E-state index is 11.5. The summed E-state index contributed by atoms with van der Waals surface area (Å²) in [5, 5.41) is 6.41. The second kappa shape index (κ2) is 7.29. The second-order valence-electron chi connectivity index (χ2n) is 3.66. The van der Waals surface area contributed by atoms with Gasteiger partial charge in [-0.1, -0.05) is 5.16 Å². The molecule has 0 saturated carbocycles. The summed E-state index contributed by atoms with van der Waals surface area (Å²) in [7, 11) is 0. The summed E-state index contributed by atoms with van der Waals surface area (Å²) in [5.41, 5.74) is 5.71. The average Bonchev–Trinajstić information content (AvgIpc) is 2.71. The van der Waals surface area contributed by atoms with Gasteiger partial charge in [0.25, 0.3) is 0 Å². The van der Waals surface area contributed by atoms with Crippen LogP contribution in [0.25, 0.3) is 0 Å². The van der Waals surface area contributed by atoms with Crippen LogP contribution < -0.4 is 11.1 Å². The van der Waals surface area contributed by atoms with Gasteiger partial charge in [0, 0.05) is 13.0 Å². The second-order valence-corrected chi connectivity index (χ2v) is 4.65. The number of hydrogen-bond donors (Lipinski definition) is 2. The van der Waals surface area contributed by atoms with Crippen molar-refractivity contribution in [2.45, 2.75) is 25.8 Å². The molecule has 0 aliphatic carbocycles. The van der Waals surface area contributed by atoms with E-state index in [-0.39, 0.29) is 5.91 Å². The van der Waals surface area contributed by atoms with Crippen molar-refractivity contribution in [1.82, 2.24) is 15.5 Å². The van der Waals surface area contributed by atoms with E-state index in [0.29, 0.717) is 31.1 Å². The Balaban J connectivity index is 2.19. The Labute approximate surface area is 105 Å². The van der Waals surface area contributed by atoms with Crippen LogP contribution in [0, 0.1) is 6.92 Å². The van der Waals surface area contributed by atoms with Crippen molar-refractivity contribution in [1.29, 1.82) is 0 Å². The molecule has 17 heavy (non-hydrogen) atoms. The number of aromatic nitrogens is 2. The van der Waals surface area contributed by atoms with E-state index in [1.165, 1.54) is 0 Å². The third-order valence-electron chi connectivity index (χ3n) is 2.18. The highest BCUT2D eigenvalue weighted by Gasteiger charge is 2.12. The molecule has 1 rings (SSSR count). The number of carbonyl (C=O) groups excluding carboxylic acids is 1. The average molecular weight is 258 g/mol. The van der Waals surface area contributed by atoms with Crippen LogP contribution in [-0.2, 0) is 11.2 Å². The maximum atomic E-state index is 11.5. The highest BCUT2D eigenvalue weighted by molar-refractivity contribution is 7.98. The van der Waals surface area contributed by atoms with Crippen LogP contribution in [0.2, 0.25) is 0 Å². The highest BCUT2D eigenvalue weighted by atomic mass is 32.2. The Hall–Kier alpha value is -1.08. The van der Waals surface area contributed by atoms with Crippen LogP contribution in [0.15, 0.2) is 4.52 Å². The monoisotopic (exact) mass is 258 g/mol. The zero-order chi connectivity index (χ0) is 12.7. The summed E-state index contributed by atoms with van der Waals surface area (Å²) in [6.07, 6.45) is 3.21. The zero-order valence-electron chi connectivity index (χ0n) is 10.1. The minimum Gasteiger partial charge on any atom is -0.354 e. The minimum absolute atomic E-state index is 0.129. The molecule has 1 aromatic heterocycles. The Morgan fingerprint density at radius 1 is 1.65 bits per heavy atom. The molecule has 1 heterocycles. The quantitative estimate of drug-likeness (QED) is 0.721. The van der Waals surface area contributed by atoms with Crippen molar-refractivity contribution in [2.24, 2.45) is 5.73 Å². The van der Waals surface area contributed by atoms with E-state index in [1.54, 1.807) is 18.7 Å². The van der Waals surface area contributed by atoms with Crippen molar-refractivity contribution in [2.75, 3.05) is 18.6 Å². The van der Waals surface area contributed by atoms with Gasteiger partial charge in [0.2, 0.25) is 11.8 Å². The number of nitrogens with one attached hydrogen (secondary N) is 1. The first-order valence-electron chi connectivity index (χ1n) is 5.45. The molecule has 0 aliphatic heterocycles. The van der Waals surface area contributed by atoms with Crippen molar-refractivity contribution in [3.05, 3.63) is 11.7 Å². The van der Waals surface area contributed by atoms with Crippen molar-refractivity contribution >= 4 is 17.7 Å². The summed E-state index contributed by atoms with van der Waals surface area (Å²) in [5.74, 6) is 1.89. The van der Waals surface area contributed by atoms with E-state index < -0.39 is 6.04 Å². The number of thioether (sulfide) groups is 1. The summed E-state index contributed by atoms with van der Waals surface area (Å²) in [4.78, 5) is 15.6. The summed E-state index contributed by atoms with van der Waals surface area (Å²) in [6.45, 7) is 2.22. The van der Waals surface area contributed by atoms with Crippen LogP contribution in [0.3, 0.4) is 0 Å². The van der Waals surface area contributed by atoms with E-state index in [2.05, 4.69) is 15.5 Å². The van der Waals surface area contributed by atoms with Gasteiger partial charge >= 0.3 is 0 Å². The van der Waals surface area contributed by atoms with Gasteiger partial charge in [-0.05, 0) is 25.4 Å². The molecular formula is C10H18N4O2S. The topological polar surface area (TPSA) is 94.0 Å². The van der Waals surface area contributed by atoms with Gasteiger partial charge in [-0.25, -0.2) is 0 Å². The van der Waals surface area contributed by atoms with E-state index in [1.807, 2.05) is 6.26 Å². The first kappa shape index (κ1) is 14.0. The van der Waals surface area contributed by atoms with Crippen LogP contribution >= 0.6 is 11.8 Å². The van der Waals surface area contributed by atoms with Gasteiger partial charge in [-0.3, -0.25) is 4.79 Å². The molecule has 0 radical (unpaired) electrons. The van der Waals surface area contributed by atoms with E-state index in [4.69, 9.17) is 10.3 Å². The van der Waals surface area contributed by atoms with Gasteiger partial charge in [0.15, 0.2) is 5.82 Å². The van der Waals surface area contributed by atoms with E-state index in [0.717, 1.165) is 5.75 Å². The van der Waals surface area contributed by atoms with Gasteiger partial charge in [-0.2, -0.15) is 16.7 Å². The number of amides is 1.